The quantitative estimate of drug-likeness (QED) is 0.594. The van der Waals surface area contributed by atoms with E-state index in [1.54, 1.807) is 14.0 Å². The van der Waals surface area contributed by atoms with Crippen molar-refractivity contribution < 1.29 is 19.5 Å². The first-order valence-corrected chi connectivity index (χ1v) is 5.39. The minimum atomic E-state index is -0.986. The van der Waals surface area contributed by atoms with Crippen LogP contribution < -0.4 is 10.6 Å². The molecule has 98 valence electrons. The van der Waals surface area contributed by atoms with Gasteiger partial charge in [-0.05, 0) is 13.8 Å². The summed E-state index contributed by atoms with van der Waals surface area (Å²) in [6, 6.07) is -1.18. The first-order valence-electron chi connectivity index (χ1n) is 5.39. The van der Waals surface area contributed by atoms with Crippen LogP contribution in [0.25, 0.3) is 0 Å². The second-order valence-corrected chi connectivity index (χ2v) is 3.62. The lowest BCUT2D eigenvalue weighted by atomic mass is 10.3. The van der Waals surface area contributed by atoms with Crippen molar-refractivity contribution in [1.82, 2.24) is 15.5 Å². The fraction of sp³-hybridized carbons (Fsp3) is 0.700. The number of carboxylic acid groups (broad SMARTS) is 1. The lowest BCUT2D eigenvalue weighted by Gasteiger charge is -2.20. The van der Waals surface area contributed by atoms with Crippen LogP contribution in [0.15, 0.2) is 0 Å². The summed E-state index contributed by atoms with van der Waals surface area (Å²) in [6.07, 6.45) is -0.148. The van der Waals surface area contributed by atoms with Gasteiger partial charge in [0.1, 0.15) is 6.04 Å². The number of hydrogen-bond donors (Lipinski definition) is 3. The van der Waals surface area contributed by atoms with Gasteiger partial charge in [0.05, 0.1) is 6.42 Å². The number of carbonyl (C=O) groups is 3. The summed E-state index contributed by atoms with van der Waals surface area (Å²) in [7, 11) is 1.64. The molecule has 0 radical (unpaired) electrons. The van der Waals surface area contributed by atoms with E-state index in [-0.39, 0.29) is 18.9 Å². The van der Waals surface area contributed by atoms with E-state index in [2.05, 4.69) is 10.6 Å². The van der Waals surface area contributed by atoms with Crippen molar-refractivity contribution in [2.75, 3.05) is 20.1 Å². The van der Waals surface area contributed by atoms with Crippen LogP contribution in [0.2, 0.25) is 0 Å². The van der Waals surface area contributed by atoms with Crippen LogP contribution in [-0.4, -0.2) is 54.1 Å². The molecule has 0 aromatic heterocycles. The summed E-state index contributed by atoms with van der Waals surface area (Å²) in [5.41, 5.74) is 0. The van der Waals surface area contributed by atoms with Crippen molar-refractivity contribution in [2.45, 2.75) is 26.3 Å². The van der Waals surface area contributed by atoms with Crippen LogP contribution in [0.1, 0.15) is 20.3 Å². The molecule has 0 aliphatic heterocycles. The monoisotopic (exact) mass is 245 g/mol. The fourth-order valence-electron chi connectivity index (χ4n) is 1.08. The van der Waals surface area contributed by atoms with Gasteiger partial charge in [0, 0.05) is 20.1 Å². The Morgan fingerprint density at radius 3 is 2.41 bits per heavy atom. The molecule has 7 nitrogen and oxygen atoms in total. The third-order valence-electron chi connectivity index (χ3n) is 2.19. The second kappa shape index (κ2) is 7.48. The number of hydrogen-bond acceptors (Lipinski definition) is 3. The van der Waals surface area contributed by atoms with E-state index in [1.807, 2.05) is 6.92 Å². The molecule has 1 unspecified atom stereocenters. The number of carboxylic acids is 1. The van der Waals surface area contributed by atoms with E-state index in [4.69, 9.17) is 5.11 Å². The van der Waals surface area contributed by atoms with Gasteiger partial charge in [-0.25, -0.2) is 4.79 Å². The third kappa shape index (κ3) is 6.39. The highest BCUT2D eigenvalue weighted by Crippen LogP contribution is 1.91. The summed E-state index contributed by atoms with van der Waals surface area (Å²) in [4.78, 5) is 34.5. The number of nitrogens with one attached hydrogen (secondary N) is 2. The van der Waals surface area contributed by atoms with Crippen LogP contribution in [0.4, 0.5) is 4.79 Å². The summed E-state index contributed by atoms with van der Waals surface area (Å²) in [6.45, 7) is 4.00. The molecule has 0 rings (SSSR count). The Morgan fingerprint density at radius 2 is 1.94 bits per heavy atom. The van der Waals surface area contributed by atoms with Gasteiger partial charge in [-0.15, -0.1) is 0 Å². The molecule has 0 aromatic carbocycles. The number of aliphatic carboxylic acids is 1. The second-order valence-electron chi connectivity index (χ2n) is 3.62. The van der Waals surface area contributed by atoms with Gasteiger partial charge in [0.15, 0.2) is 0 Å². The lowest BCUT2D eigenvalue weighted by molar-refractivity contribution is -0.137. The molecule has 0 saturated carbocycles. The number of urea groups is 1. The van der Waals surface area contributed by atoms with Gasteiger partial charge in [0.2, 0.25) is 5.91 Å². The Labute approximate surface area is 100 Å². The highest BCUT2D eigenvalue weighted by Gasteiger charge is 2.17. The van der Waals surface area contributed by atoms with Crippen molar-refractivity contribution >= 4 is 17.9 Å². The molecule has 0 aliphatic rings. The largest absolute Gasteiger partial charge is 0.481 e. The zero-order valence-corrected chi connectivity index (χ0v) is 10.3. The third-order valence-corrected chi connectivity index (χ3v) is 2.19. The molecular formula is C10H19N3O4. The fourth-order valence-corrected chi connectivity index (χ4v) is 1.08. The molecule has 17 heavy (non-hydrogen) atoms. The van der Waals surface area contributed by atoms with Gasteiger partial charge in [0.25, 0.3) is 0 Å². The van der Waals surface area contributed by atoms with Crippen molar-refractivity contribution in [2.24, 2.45) is 0 Å². The predicted molar refractivity (Wildman–Crippen MR) is 61.6 cm³/mol. The molecule has 0 spiro atoms. The molecule has 3 N–H and O–H groups in total. The molecule has 0 aromatic rings. The van der Waals surface area contributed by atoms with Crippen molar-refractivity contribution in [3.8, 4) is 0 Å². The smallest absolute Gasteiger partial charge is 0.315 e. The maximum absolute atomic E-state index is 11.6. The lowest BCUT2D eigenvalue weighted by Crippen LogP contribution is -2.49. The topological polar surface area (TPSA) is 98.7 Å². The molecule has 0 fully saturated rings. The maximum atomic E-state index is 11.6. The van der Waals surface area contributed by atoms with E-state index < -0.39 is 18.0 Å². The normalized spacial score (nSPS) is 11.5. The first kappa shape index (κ1) is 15.2. The van der Waals surface area contributed by atoms with Gasteiger partial charge >= 0.3 is 12.0 Å². The van der Waals surface area contributed by atoms with Crippen LogP contribution in [-0.2, 0) is 9.59 Å². The Morgan fingerprint density at radius 1 is 1.35 bits per heavy atom. The van der Waals surface area contributed by atoms with E-state index in [0.29, 0.717) is 6.54 Å². The van der Waals surface area contributed by atoms with Crippen molar-refractivity contribution in [3.63, 3.8) is 0 Å². The summed E-state index contributed by atoms with van der Waals surface area (Å²) >= 11 is 0. The van der Waals surface area contributed by atoms with Crippen LogP contribution in [0, 0.1) is 0 Å². The first-order chi connectivity index (χ1) is 7.88. The molecule has 0 bridgehead atoms. The van der Waals surface area contributed by atoms with E-state index in [9.17, 15) is 14.4 Å². The summed E-state index contributed by atoms with van der Waals surface area (Å²) in [5, 5.41) is 13.2. The van der Waals surface area contributed by atoms with Gasteiger partial charge in [-0.3, -0.25) is 9.59 Å². The summed E-state index contributed by atoms with van der Waals surface area (Å²) in [5.74, 6) is -1.18. The van der Waals surface area contributed by atoms with Crippen molar-refractivity contribution in [3.05, 3.63) is 0 Å². The highest BCUT2D eigenvalue weighted by atomic mass is 16.4. The van der Waals surface area contributed by atoms with Crippen molar-refractivity contribution in [1.29, 1.82) is 0 Å². The van der Waals surface area contributed by atoms with E-state index in [0.717, 1.165) is 0 Å². The standard InChI is InChI=1S/C10H19N3O4/c1-4-13(3)9(16)7(2)12-10(17)11-6-5-8(14)15/h7H,4-6H2,1-3H3,(H,14,15)(H2,11,12,17). The minimum Gasteiger partial charge on any atom is -0.481 e. The zero-order chi connectivity index (χ0) is 13.4. The number of carbonyl (C=O) groups excluding carboxylic acids is 2. The predicted octanol–water partition coefficient (Wildman–Crippen LogP) is -0.373. The number of amides is 3. The average Bonchev–Trinajstić information content (AvgIpc) is 2.26. The van der Waals surface area contributed by atoms with Crippen LogP contribution in [0.5, 0.6) is 0 Å². The summed E-state index contributed by atoms with van der Waals surface area (Å²) < 4.78 is 0. The molecule has 0 heterocycles. The Balaban J connectivity index is 3.95. The number of rotatable bonds is 6. The van der Waals surface area contributed by atoms with Gasteiger partial charge in [-0.2, -0.15) is 0 Å². The van der Waals surface area contributed by atoms with Gasteiger partial charge in [-0.1, -0.05) is 0 Å². The highest BCUT2D eigenvalue weighted by molar-refractivity contribution is 5.86. The van der Waals surface area contributed by atoms with Gasteiger partial charge < -0.3 is 20.6 Å². The van der Waals surface area contributed by atoms with Crippen LogP contribution >= 0.6 is 0 Å². The van der Waals surface area contributed by atoms with E-state index >= 15 is 0 Å². The molecule has 1 atom stereocenters. The molecule has 7 heteroatoms. The number of likely N-dealkylation sites (N-methyl/N-ethyl adjacent to an activating group) is 1. The van der Waals surface area contributed by atoms with Crippen LogP contribution in [0.3, 0.4) is 0 Å². The minimum absolute atomic E-state index is 0.0334. The zero-order valence-electron chi connectivity index (χ0n) is 10.3. The molecular weight excluding hydrogens is 226 g/mol. The maximum Gasteiger partial charge on any atom is 0.315 e. The SMILES string of the molecule is CCN(C)C(=O)C(C)NC(=O)NCCC(=O)O. The molecule has 0 saturated heterocycles. The average molecular weight is 245 g/mol. The Bertz CT molecular complexity index is 293. The molecule has 3 amide bonds. The Hall–Kier alpha value is -1.79. The molecule has 0 aliphatic carbocycles. The number of nitrogens with zero attached hydrogens (tertiary/aromatic N) is 1. The Kier molecular flexibility index (Phi) is 6.69. The van der Waals surface area contributed by atoms with E-state index in [1.165, 1.54) is 4.90 Å².